The number of hydrogen-bond acceptors (Lipinski definition) is 4. The lowest BCUT2D eigenvalue weighted by Crippen LogP contribution is -2.45. The number of H-pyrrole nitrogens is 1. The van der Waals surface area contributed by atoms with Crippen LogP contribution >= 0.6 is 0 Å². The van der Waals surface area contributed by atoms with Crippen LogP contribution in [0.5, 0.6) is 11.5 Å². The number of aromatic nitrogens is 1. The fourth-order valence-electron chi connectivity index (χ4n) is 2.83. The number of aromatic amines is 1. The number of methoxy groups -OCH3 is 2. The Kier molecular flexibility index (Phi) is 4.20. The number of ether oxygens (including phenoxy) is 2. The lowest BCUT2D eigenvalue weighted by molar-refractivity contribution is 0.0926. The Morgan fingerprint density at radius 3 is 2.82 bits per heavy atom. The van der Waals surface area contributed by atoms with Crippen molar-refractivity contribution in [2.24, 2.45) is 0 Å². The maximum absolute atomic E-state index is 12.4. The quantitative estimate of drug-likeness (QED) is 0.803. The van der Waals surface area contributed by atoms with Gasteiger partial charge in [-0.1, -0.05) is 0 Å². The van der Waals surface area contributed by atoms with Gasteiger partial charge in [-0.25, -0.2) is 0 Å². The minimum Gasteiger partial charge on any atom is -0.497 e. The van der Waals surface area contributed by atoms with E-state index in [4.69, 9.17) is 9.47 Å². The summed E-state index contributed by atoms with van der Waals surface area (Å²) in [5, 5.41) is 7.22. The third kappa shape index (κ3) is 2.87. The van der Waals surface area contributed by atoms with E-state index in [2.05, 4.69) is 15.6 Å². The van der Waals surface area contributed by atoms with Crippen LogP contribution in [0.1, 0.15) is 23.3 Å². The SMILES string of the molecule is COc1cc(OC)c2cc(C(=O)N[C@@H]3CCCNC3)[nH]c2c1. The summed E-state index contributed by atoms with van der Waals surface area (Å²) in [5.74, 6) is 1.28. The summed E-state index contributed by atoms with van der Waals surface area (Å²) in [6, 6.07) is 5.67. The van der Waals surface area contributed by atoms with Crippen LogP contribution in [0.4, 0.5) is 0 Å². The molecule has 22 heavy (non-hydrogen) atoms. The molecule has 1 fully saturated rings. The predicted molar refractivity (Wildman–Crippen MR) is 84.8 cm³/mol. The van der Waals surface area contributed by atoms with Crippen molar-refractivity contribution in [3.63, 3.8) is 0 Å². The molecule has 2 aromatic rings. The molecule has 0 aliphatic carbocycles. The molecule has 1 atom stereocenters. The monoisotopic (exact) mass is 303 g/mol. The number of carbonyl (C=O) groups excluding carboxylic acids is 1. The van der Waals surface area contributed by atoms with Crippen molar-refractivity contribution in [2.75, 3.05) is 27.3 Å². The third-order valence-corrected chi connectivity index (χ3v) is 4.01. The van der Waals surface area contributed by atoms with Gasteiger partial charge < -0.3 is 25.1 Å². The molecule has 1 aromatic carbocycles. The molecule has 0 radical (unpaired) electrons. The van der Waals surface area contributed by atoms with Gasteiger partial charge >= 0.3 is 0 Å². The Hall–Kier alpha value is -2.21. The highest BCUT2D eigenvalue weighted by Crippen LogP contribution is 2.31. The summed E-state index contributed by atoms with van der Waals surface area (Å²) in [7, 11) is 3.21. The number of benzene rings is 1. The summed E-state index contributed by atoms with van der Waals surface area (Å²) >= 11 is 0. The number of hydrogen-bond donors (Lipinski definition) is 3. The molecule has 0 saturated carbocycles. The van der Waals surface area contributed by atoms with E-state index in [0.29, 0.717) is 17.2 Å². The molecule has 0 bridgehead atoms. The van der Waals surface area contributed by atoms with Crippen molar-refractivity contribution >= 4 is 16.8 Å². The van der Waals surface area contributed by atoms with E-state index in [1.54, 1.807) is 14.2 Å². The van der Waals surface area contributed by atoms with E-state index in [1.807, 2.05) is 18.2 Å². The van der Waals surface area contributed by atoms with Crippen LogP contribution in [0.15, 0.2) is 18.2 Å². The Balaban J connectivity index is 1.85. The Morgan fingerprint density at radius 1 is 1.27 bits per heavy atom. The summed E-state index contributed by atoms with van der Waals surface area (Å²) in [4.78, 5) is 15.5. The van der Waals surface area contributed by atoms with Gasteiger partial charge in [0, 0.05) is 30.1 Å². The average molecular weight is 303 g/mol. The minimum absolute atomic E-state index is 0.0917. The van der Waals surface area contributed by atoms with Crippen LogP contribution in [0, 0.1) is 0 Å². The zero-order chi connectivity index (χ0) is 15.5. The maximum Gasteiger partial charge on any atom is 0.267 e. The van der Waals surface area contributed by atoms with Crippen molar-refractivity contribution in [2.45, 2.75) is 18.9 Å². The summed E-state index contributed by atoms with van der Waals surface area (Å²) in [5.41, 5.74) is 1.36. The van der Waals surface area contributed by atoms with Gasteiger partial charge in [0.2, 0.25) is 0 Å². The predicted octanol–water partition coefficient (Wildman–Crippen LogP) is 1.67. The first kappa shape index (κ1) is 14.7. The zero-order valence-electron chi connectivity index (χ0n) is 12.9. The van der Waals surface area contributed by atoms with E-state index in [9.17, 15) is 4.79 Å². The number of piperidine rings is 1. The second-order valence-electron chi connectivity index (χ2n) is 5.49. The van der Waals surface area contributed by atoms with Crippen LogP contribution in [-0.4, -0.2) is 44.2 Å². The largest absolute Gasteiger partial charge is 0.497 e. The lowest BCUT2D eigenvalue weighted by atomic mass is 10.1. The first-order chi connectivity index (χ1) is 10.7. The van der Waals surface area contributed by atoms with E-state index in [1.165, 1.54) is 0 Å². The molecule has 1 aliphatic heterocycles. The molecule has 6 nitrogen and oxygen atoms in total. The van der Waals surface area contributed by atoms with Gasteiger partial charge in [-0.2, -0.15) is 0 Å². The molecule has 1 aliphatic rings. The normalized spacial score (nSPS) is 18.2. The molecule has 0 spiro atoms. The van der Waals surface area contributed by atoms with Crippen LogP contribution in [0.2, 0.25) is 0 Å². The second-order valence-corrected chi connectivity index (χ2v) is 5.49. The molecule has 2 heterocycles. The second kappa shape index (κ2) is 6.27. The van der Waals surface area contributed by atoms with Crippen LogP contribution in [0.3, 0.4) is 0 Å². The number of fused-ring (bicyclic) bond motifs is 1. The molecule has 0 unspecified atom stereocenters. The van der Waals surface area contributed by atoms with Gasteiger partial charge in [0.25, 0.3) is 5.91 Å². The molecule has 1 amide bonds. The van der Waals surface area contributed by atoms with Gasteiger partial charge in [0.1, 0.15) is 17.2 Å². The van der Waals surface area contributed by atoms with Gasteiger partial charge in [0.15, 0.2) is 0 Å². The Bertz CT molecular complexity index is 675. The highest BCUT2D eigenvalue weighted by molar-refractivity contribution is 6.00. The number of carbonyl (C=O) groups is 1. The van der Waals surface area contributed by atoms with E-state index >= 15 is 0 Å². The van der Waals surface area contributed by atoms with Crippen molar-refractivity contribution in [1.29, 1.82) is 0 Å². The maximum atomic E-state index is 12.4. The molecule has 3 N–H and O–H groups in total. The molecule has 3 rings (SSSR count). The van der Waals surface area contributed by atoms with Gasteiger partial charge in [-0.15, -0.1) is 0 Å². The van der Waals surface area contributed by atoms with Crippen LogP contribution < -0.4 is 20.1 Å². The van der Waals surface area contributed by atoms with E-state index in [0.717, 1.165) is 36.8 Å². The van der Waals surface area contributed by atoms with Gasteiger partial charge in [-0.05, 0) is 25.5 Å². The van der Waals surface area contributed by atoms with Crippen LogP contribution in [-0.2, 0) is 0 Å². The highest BCUT2D eigenvalue weighted by Gasteiger charge is 2.18. The van der Waals surface area contributed by atoms with E-state index in [-0.39, 0.29) is 11.9 Å². The molecule has 1 saturated heterocycles. The molecular weight excluding hydrogens is 282 g/mol. The summed E-state index contributed by atoms with van der Waals surface area (Å²) < 4.78 is 10.6. The minimum atomic E-state index is -0.0917. The first-order valence-electron chi connectivity index (χ1n) is 7.47. The zero-order valence-corrected chi connectivity index (χ0v) is 12.9. The van der Waals surface area contributed by atoms with Crippen molar-refractivity contribution in [1.82, 2.24) is 15.6 Å². The smallest absolute Gasteiger partial charge is 0.267 e. The number of nitrogens with one attached hydrogen (secondary N) is 3. The molecule has 6 heteroatoms. The Morgan fingerprint density at radius 2 is 2.14 bits per heavy atom. The summed E-state index contributed by atoms with van der Waals surface area (Å²) in [6.45, 7) is 1.85. The van der Waals surface area contributed by atoms with Gasteiger partial charge in [0.05, 0.1) is 19.7 Å². The van der Waals surface area contributed by atoms with Gasteiger partial charge in [-0.3, -0.25) is 4.79 Å². The Labute approximate surface area is 129 Å². The lowest BCUT2D eigenvalue weighted by Gasteiger charge is -2.23. The topological polar surface area (TPSA) is 75.4 Å². The number of rotatable bonds is 4. The molecule has 1 aromatic heterocycles. The van der Waals surface area contributed by atoms with E-state index < -0.39 is 0 Å². The standard InChI is InChI=1S/C16H21N3O3/c1-21-11-6-13-12(15(7-11)22-2)8-14(19-13)16(20)18-10-4-3-5-17-9-10/h6-8,10,17,19H,3-5,9H2,1-2H3,(H,18,20)/t10-/m1/s1. The van der Waals surface area contributed by atoms with Crippen LogP contribution in [0.25, 0.3) is 10.9 Å². The van der Waals surface area contributed by atoms with Crippen molar-refractivity contribution in [3.8, 4) is 11.5 Å². The fourth-order valence-corrected chi connectivity index (χ4v) is 2.83. The van der Waals surface area contributed by atoms with Crippen molar-refractivity contribution < 1.29 is 14.3 Å². The first-order valence-corrected chi connectivity index (χ1v) is 7.47. The number of amides is 1. The van der Waals surface area contributed by atoms with Crippen molar-refractivity contribution in [3.05, 3.63) is 23.9 Å². The fraction of sp³-hybridized carbons (Fsp3) is 0.438. The molecule has 118 valence electrons. The third-order valence-electron chi connectivity index (χ3n) is 4.01. The summed E-state index contributed by atoms with van der Waals surface area (Å²) in [6.07, 6.45) is 2.10. The molecular formula is C16H21N3O3. The highest BCUT2D eigenvalue weighted by atomic mass is 16.5. The average Bonchev–Trinajstić information content (AvgIpc) is 2.99.